The number of aromatic hydroxyl groups is 2. The summed E-state index contributed by atoms with van der Waals surface area (Å²) in [5.41, 5.74) is -0.238. The minimum Gasteiger partial charge on any atom is -0.507 e. The van der Waals surface area contributed by atoms with Gasteiger partial charge < -0.3 is 15.5 Å². The van der Waals surface area contributed by atoms with Crippen LogP contribution >= 0.6 is 35.0 Å². The van der Waals surface area contributed by atoms with Crippen LogP contribution in [0.1, 0.15) is 5.56 Å². The molecule has 1 aliphatic rings. The first-order valence-corrected chi connectivity index (χ1v) is 8.77. The van der Waals surface area contributed by atoms with Gasteiger partial charge >= 0.3 is 5.69 Å². The van der Waals surface area contributed by atoms with Crippen LogP contribution in [0.4, 0.5) is 11.4 Å². The van der Waals surface area contributed by atoms with Crippen molar-refractivity contribution in [3.8, 4) is 11.5 Å². The molecule has 0 radical (unpaired) electrons. The molecule has 1 fully saturated rings. The van der Waals surface area contributed by atoms with Crippen LogP contribution in [0.2, 0.25) is 10.0 Å². The smallest absolute Gasteiger partial charge is 0.311 e. The normalized spacial score (nSPS) is 16.7. The Hall–Kier alpha value is -2.75. The Balaban J connectivity index is 1.94. The van der Waals surface area contributed by atoms with Crippen molar-refractivity contribution >= 4 is 63.5 Å². The number of amides is 1. The van der Waals surface area contributed by atoms with E-state index in [1.54, 1.807) is 18.2 Å². The molecular formula is C16H9Cl2N3O5S. The third kappa shape index (κ3) is 4.00. The minimum atomic E-state index is -0.799. The standard InChI is InChI=1S/C16H9Cl2N3O5S/c17-8-2-1-3-9(14(8)18)19-16-20-15(24)13(27-16)5-7-4-10(21(25)26)12(23)6-11(7)22/h1-6,22-23H,(H,19,20,24)/b13-5-. The summed E-state index contributed by atoms with van der Waals surface area (Å²) in [5.74, 6) is -1.60. The number of hydrogen-bond acceptors (Lipinski definition) is 7. The van der Waals surface area contributed by atoms with Crippen LogP contribution in [0.3, 0.4) is 0 Å². The van der Waals surface area contributed by atoms with Gasteiger partial charge in [-0.1, -0.05) is 29.3 Å². The lowest BCUT2D eigenvalue weighted by atomic mass is 10.1. The highest BCUT2D eigenvalue weighted by molar-refractivity contribution is 8.18. The molecule has 0 aliphatic carbocycles. The van der Waals surface area contributed by atoms with Gasteiger partial charge in [-0.25, -0.2) is 4.99 Å². The van der Waals surface area contributed by atoms with Gasteiger partial charge in [-0.05, 0) is 30.0 Å². The largest absolute Gasteiger partial charge is 0.507 e. The molecule has 0 spiro atoms. The fraction of sp³-hybridized carbons (Fsp3) is 0. The molecular weight excluding hydrogens is 417 g/mol. The second-order valence-electron chi connectivity index (χ2n) is 5.21. The maximum absolute atomic E-state index is 12.1. The van der Waals surface area contributed by atoms with Crippen LogP contribution in [-0.2, 0) is 4.79 Å². The second-order valence-corrected chi connectivity index (χ2v) is 7.03. The highest BCUT2D eigenvalue weighted by Crippen LogP contribution is 2.37. The molecule has 0 bridgehead atoms. The van der Waals surface area contributed by atoms with Gasteiger partial charge in [-0.15, -0.1) is 0 Å². The first kappa shape index (κ1) is 19.0. The molecule has 1 heterocycles. The molecule has 0 saturated carbocycles. The van der Waals surface area contributed by atoms with Crippen molar-refractivity contribution in [2.75, 3.05) is 0 Å². The number of rotatable bonds is 3. The van der Waals surface area contributed by atoms with Gasteiger partial charge in [0.25, 0.3) is 5.91 Å². The lowest BCUT2D eigenvalue weighted by Gasteiger charge is -2.02. The molecule has 0 aromatic heterocycles. The SMILES string of the molecule is O=C1NC(=Nc2cccc(Cl)c2Cl)S/C1=C\c1cc([N+](=O)[O-])c(O)cc1O. The van der Waals surface area contributed by atoms with Crippen LogP contribution in [-0.4, -0.2) is 26.2 Å². The number of amidine groups is 1. The number of thioether (sulfide) groups is 1. The minimum absolute atomic E-state index is 0.000752. The number of halogens is 2. The fourth-order valence-corrected chi connectivity index (χ4v) is 3.32. The number of aliphatic imine (C=N–C) groups is 1. The number of nitrogens with one attached hydrogen (secondary N) is 1. The number of nitrogens with zero attached hydrogens (tertiary/aromatic N) is 2. The molecule has 27 heavy (non-hydrogen) atoms. The van der Waals surface area contributed by atoms with E-state index in [9.17, 15) is 25.1 Å². The number of benzene rings is 2. The predicted octanol–water partition coefficient (Wildman–Crippen LogP) is 4.20. The van der Waals surface area contributed by atoms with Crippen molar-refractivity contribution in [3.05, 3.63) is 61.0 Å². The monoisotopic (exact) mass is 425 g/mol. The molecule has 1 aliphatic heterocycles. The Kier molecular flexibility index (Phi) is 5.26. The molecule has 3 N–H and O–H groups in total. The average molecular weight is 426 g/mol. The number of phenolic OH excluding ortho intramolecular Hbond substituents is 2. The lowest BCUT2D eigenvalue weighted by molar-refractivity contribution is -0.385. The van der Waals surface area contributed by atoms with Crippen molar-refractivity contribution in [2.24, 2.45) is 4.99 Å². The lowest BCUT2D eigenvalue weighted by Crippen LogP contribution is -2.19. The van der Waals surface area contributed by atoms with E-state index in [0.717, 1.165) is 23.9 Å². The summed E-state index contributed by atoms with van der Waals surface area (Å²) in [6.45, 7) is 0. The Morgan fingerprint density at radius 3 is 2.67 bits per heavy atom. The zero-order valence-corrected chi connectivity index (χ0v) is 15.5. The topological polar surface area (TPSA) is 125 Å². The molecule has 138 valence electrons. The summed E-state index contributed by atoms with van der Waals surface area (Å²) in [7, 11) is 0. The van der Waals surface area contributed by atoms with Crippen LogP contribution in [0, 0.1) is 10.1 Å². The maximum Gasteiger partial charge on any atom is 0.311 e. The second kappa shape index (κ2) is 7.47. The Morgan fingerprint density at radius 1 is 1.22 bits per heavy atom. The average Bonchev–Trinajstić information content (AvgIpc) is 2.93. The summed E-state index contributed by atoms with van der Waals surface area (Å²) in [6, 6.07) is 6.67. The van der Waals surface area contributed by atoms with Crippen molar-refractivity contribution in [2.45, 2.75) is 0 Å². The first-order valence-electron chi connectivity index (χ1n) is 7.20. The first-order chi connectivity index (χ1) is 12.8. The zero-order chi connectivity index (χ0) is 19.7. The number of nitro benzene ring substituents is 1. The van der Waals surface area contributed by atoms with E-state index in [4.69, 9.17) is 23.2 Å². The molecule has 2 aromatic rings. The van der Waals surface area contributed by atoms with E-state index in [-0.39, 0.29) is 20.7 Å². The van der Waals surface area contributed by atoms with E-state index < -0.39 is 28.0 Å². The fourth-order valence-electron chi connectivity index (χ4n) is 2.15. The Labute approximate surface area is 166 Å². The Morgan fingerprint density at radius 2 is 1.96 bits per heavy atom. The molecule has 0 atom stereocenters. The van der Waals surface area contributed by atoms with Gasteiger partial charge in [0, 0.05) is 17.7 Å². The summed E-state index contributed by atoms with van der Waals surface area (Å²) >= 11 is 12.9. The zero-order valence-electron chi connectivity index (χ0n) is 13.1. The van der Waals surface area contributed by atoms with Crippen LogP contribution in [0.5, 0.6) is 11.5 Å². The van der Waals surface area contributed by atoms with Crippen LogP contribution in [0.25, 0.3) is 6.08 Å². The summed E-state index contributed by atoms with van der Waals surface area (Å²) in [5, 5.41) is 33.6. The molecule has 1 saturated heterocycles. The van der Waals surface area contributed by atoms with Gasteiger partial charge in [0.2, 0.25) is 0 Å². The predicted molar refractivity (Wildman–Crippen MR) is 104 cm³/mol. The molecule has 0 unspecified atom stereocenters. The van der Waals surface area contributed by atoms with Crippen molar-refractivity contribution in [1.29, 1.82) is 0 Å². The van der Waals surface area contributed by atoms with E-state index >= 15 is 0 Å². The third-order valence-electron chi connectivity index (χ3n) is 3.41. The highest BCUT2D eigenvalue weighted by Gasteiger charge is 2.25. The Bertz CT molecular complexity index is 1040. The number of nitro groups is 1. The van der Waals surface area contributed by atoms with E-state index in [1.807, 2.05) is 0 Å². The van der Waals surface area contributed by atoms with Crippen LogP contribution < -0.4 is 5.32 Å². The number of carbonyl (C=O) groups excluding carboxylic acids is 1. The van der Waals surface area contributed by atoms with Gasteiger partial charge in [-0.3, -0.25) is 14.9 Å². The van der Waals surface area contributed by atoms with E-state index in [2.05, 4.69) is 10.3 Å². The highest BCUT2D eigenvalue weighted by atomic mass is 35.5. The molecule has 11 heteroatoms. The number of carbonyl (C=O) groups is 1. The van der Waals surface area contributed by atoms with Crippen LogP contribution in [0.15, 0.2) is 40.2 Å². The number of hydrogen-bond donors (Lipinski definition) is 3. The third-order valence-corrected chi connectivity index (χ3v) is 5.13. The van der Waals surface area contributed by atoms with Gasteiger partial charge in [0.1, 0.15) is 5.75 Å². The van der Waals surface area contributed by atoms with Gasteiger partial charge in [0.15, 0.2) is 10.9 Å². The van der Waals surface area contributed by atoms with Crippen molar-refractivity contribution < 1.29 is 19.9 Å². The summed E-state index contributed by atoms with van der Waals surface area (Å²) < 4.78 is 0. The summed E-state index contributed by atoms with van der Waals surface area (Å²) in [4.78, 5) is 26.6. The van der Waals surface area contributed by atoms with Crippen molar-refractivity contribution in [1.82, 2.24) is 5.32 Å². The van der Waals surface area contributed by atoms with Gasteiger partial charge in [0.05, 0.1) is 25.6 Å². The van der Waals surface area contributed by atoms with Gasteiger partial charge in [-0.2, -0.15) is 0 Å². The van der Waals surface area contributed by atoms with E-state index in [0.29, 0.717) is 10.7 Å². The maximum atomic E-state index is 12.1. The number of phenols is 2. The molecule has 8 nitrogen and oxygen atoms in total. The quantitative estimate of drug-likeness (QED) is 0.384. The summed E-state index contributed by atoms with van der Waals surface area (Å²) in [6.07, 6.45) is 1.25. The van der Waals surface area contributed by atoms with E-state index in [1.165, 1.54) is 6.08 Å². The van der Waals surface area contributed by atoms with Crippen molar-refractivity contribution in [3.63, 3.8) is 0 Å². The molecule has 3 rings (SSSR count). The molecule has 2 aromatic carbocycles. The molecule has 1 amide bonds.